The van der Waals surface area contributed by atoms with E-state index in [0.717, 1.165) is 5.56 Å². The van der Waals surface area contributed by atoms with Crippen LogP contribution in [0.1, 0.15) is 5.56 Å². The molecule has 4 heteroatoms. The molecule has 1 rings (SSSR count). The lowest BCUT2D eigenvalue weighted by Crippen LogP contribution is -2.29. The van der Waals surface area contributed by atoms with Crippen molar-refractivity contribution in [2.24, 2.45) is 5.73 Å². The first-order valence-corrected chi connectivity index (χ1v) is 4.79. The number of aliphatic hydroxyl groups excluding tert-OH is 1. The van der Waals surface area contributed by atoms with Crippen LogP contribution < -0.4 is 5.73 Å². The Hall–Kier alpha value is -0.610. The van der Waals surface area contributed by atoms with Crippen LogP contribution in [-0.4, -0.2) is 24.4 Å². The summed E-state index contributed by atoms with van der Waals surface area (Å²) >= 11 is 5.91. The fraction of sp³-hybridized carbons (Fsp3) is 0.400. The molecule has 0 aliphatic rings. The summed E-state index contributed by atoms with van der Waals surface area (Å²) < 4.78 is 5.28. The SMILES string of the molecule is N[C@H](CO)COCc1ccccc1Cl. The van der Waals surface area contributed by atoms with E-state index in [2.05, 4.69) is 0 Å². The second-order valence-electron chi connectivity index (χ2n) is 3.05. The summed E-state index contributed by atoms with van der Waals surface area (Å²) in [4.78, 5) is 0. The quantitative estimate of drug-likeness (QED) is 0.776. The summed E-state index contributed by atoms with van der Waals surface area (Å²) in [5.41, 5.74) is 6.40. The standard InChI is InChI=1S/C10H14ClNO2/c11-10-4-2-1-3-8(10)6-14-7-9(12)5-13/h1-4,9,13H,5-7,12H2/t9-/m1/s1. The Kier molecular flexibility index (Phi) is 4.90. The molecule has 0 aromatic heterocycles. The van der Waals surface area contributed by atoms with Crippen LogP contribution in [-0.2, 0) is 11.3 Å². The molecule has 1 aromatic rings. The molecule has 0 fully saturated rings. The fourth-order valence-corrected chi connectivity index (χ4v) is 1.18. The average molecular weight is 216 g/mol. The van der Waals surface area contributed by atoms with Crippen molar-refractivity contribution in [1.29, 1.82) is 0 Å². The number of aliphatic hydroxyl groups is 1. The van der Waals surface area contributed by atoms with Crippen LogP contribution in [0.2, 0.25) is 5.02 Å². The van der Waals surface area contributed by atoms with E-state index < -0.39 is 0 Å². The highest BCUT2D eigenvalue weighted by atomic mass is 35.5. The second kappa shape index (κ2) is 5.98. The van der Waals surface area contributed by atoms with E-state index in [1.165, 1.54) is 0 Å². The van der Waals surface area contributed by atoms with Crippen molar-refractivity contribution in [3.63, 3.8) is 0 Å². The highest BCUT2D eigenvalue weighted by molar-refractivity contribution is 6.31. The molecule has 3 nitrogen and oxygen atoms in total. The Bertz CT molecular complexity index is 281. The Balaban J connectivity index is 2.35. The van der Waals surface area contributed by atoms with E-state index in [1.54, 1.807) is 0 Å². The van der Waals surface area contributed by atoms with Crippen molar-refractivity contribution < 1.29 is 9.84 Å². The van der Waals surface area contributed by atoms with Crippen LogP contribution in [0.3, 0.4) is 0 Å². The minimum atomic E-state index is -0.322. The largest absolute Gasteiger partial charge is 0.395 e. The highest BCUT2D eigenvalue weighted by Gasteiger charge is 2.02. The normalized spacial score (nSPS) is 12.8. The zero-order chi connectivity index (χ0) is 10.4. The third-order valence-corrected chi connectivity index (χ3v) is 2.15. The van der Waals surface area contributed by atoms with Gasteiger partial charge in [0.25, 0.3) is 0 Å². The molecule has 0 unspecified atom stereocenters. The topological polar surface area (TPSA) is 55.5 Å². The third kappa shape index (κ3) is 3.64. The van der Waals surface area contributed by atoms with Crippen LogP contribution in [0.5, 0.6) is 0 Å². The molecule has 0 aliphatic carbocycles. The summed E-state index contributed by atoms with van der Waals surface area (Å²) in [5, 5.41) is 9.34. The first-order chi connectivity index (χ1) is 6.74. The van der Waals surface area contributed by atoms with Crippen LogP contribution in [0.4, 0.5) is 0 Å². The average Bonchev–Trinajstić information content (AvgIpc) is 2.20. The minimum Gasteiger partial charge on any atom is -0.395 e. The minimum absolute atomic E-state index is 0.0669. The van der Waals surface area contributed by atoms with Crippen molar-refractivity contribution in [2.75, 3.05) is 13.2 Å². The number of nitrogens with two attached hydrogens (primary N) is 1. The molecule has 0 bridgehead atoms. The molecular formula is C10H14ClNO2. The van der Waals surface area contributed by atoms with Gasteiger partial charge in [-0.15, -0.1) is 0 Å². The van der Waals surface area contributed by atoms with Gasteiger partial charge in [0.2, 0.25) is 0 Å². The van der Waals surface area contributed by atoms with Gasteiger partial charge in [0, 0.05) is 5.02 Å². The molecule has 78 valence electrons. The molecule has 0 radical (unpaired) electrons. The Morgan fingerprint density at radius 2 is 2.14 bits per heavy atom. The van der Waals surface area contributed by atoms with Crippen LogP contribution in [0, 0.1) is 0 Å². The maximum Gasteiger partial charge on any atom is 0.0732 e. The Morgan fingerprint density at radius 1 is 1.43 bits per heavy atom. The lowest BCUT2D eigenvalue weighted by atomic mass is 10.2. The zero-order valence-electron chi connectivity index (χ0n) is 7.82. The summed E-state index contributed by atoms with van der Waals surface area (Å²) in [7, 11) is 0. The Labute approximate surface area is 88.4 Å². The number of hydrogen-bond donors (Lipinski definition) is 2. The number of benzene rings is 1. The van der Waals surface area contributed by atoms with Gasteiger partial charge in [0.15, 0.2) is 0 Å². The van der Waals surface area contributed by atoms with E-state index >= 15 is 0 Å². The van der Waals surface area contributed by atoms with Crippen molar-refractivity contribution in [3.8, 4) is 0 Å². The first-order valence-electron chi connectivity index (χ1n) is 4.41. The summed E-state index contributed by atoms with van der Waals surface area (Å²) in [6.07, 6.45) is 0. The van der Waals surface area contributed by atoms with Crippen molar-refractivity contribution >= 4 is 11.6 Å². The van der Waals surface area contributed by atoms with Gasteiger partial charge in [-0.25, -0.2) is 0 Å². The highest BCUT2D eigenvalue weighted by Crippen LogP contribution is 2.15. The van der Waals surface area contributed by atoms with Gasteiger partial charge in [-0.2, -0.15) is 0 Å². The molecule has 1 aromatic carbocycles. The van der Waals surface area contributed by atoms with Gasteiger partial charge in [-0.05, 0) is 11.6 Å². The van der Waals surface area contributed by atoms with Crippen molar-refractivity contribution in [1.82, 2.24) is 0 Å². The third-order valence-electron chi connectivity index (χ3n) is 1.78. The van der Waals surface area contributed by atoms with Crippen LogP contribution in [0.15, 0.2) is 24.3 Å². The number of hydrogen-bond acceptors (Lipinski definition) is 3. The molecule has 0 aliphatic heterocycles. The number of ether oxygens (including phenoxy) is 1. The summed E-state index contributed by atoms with van der Waals surface area (Å²) in [6, 6.07) is 7.15. The lowest BCUT2D eigenvalue weighted by molar-refractivity contribution is 0.0899. The van der Waals surface area contributed by atoms with Gasteiger partial charge in [-0.3, -0.25) is 0 Å². The second-order valence-corrected chi connectivity index (χ2v) is 3.46. The smallest absolute Gasteiger partial charge is 0.0732 e. The number of halogens is 1. The predicted octanol–water partition coefficient (Wildman–Crippen LogP) is 1.18. The first kappa shape index (κ1) is 11.5. The van der Waals surface area contributed by atoms with E-state index in [1.807, 2.05) is 24.3 Å². The van der Waals surface area contributed by atoms with Gasteiger partial charge in [0.1, 0.15) is 0 Å². The van der Waals surface area contributed by atoms with Gasteiger partial charge < -0.3 is 15.6 Å². The van der Waals surface area contributed by atoms with Crippen molar-refractivity contribution in [3.05, 3.63) is 34.9 Å². The zero-order valence-corrected chi connectivity index (χ0v) is 8.57. The van der Waals surface area contributed by atoms with Gasteiger partial charge >= 0.3 is 0 Å². The molecule has 0 saturated carbocycles. The molecule has 0 saturated heterocycles. The predicted molar refractivity (Wildman–Crippen MR) is 56.2 cm³/mol. The van der Waals surface area contributed by atoms with Gasteiger partial charge in [-0.1, -0.05) is 29.8 Å². The van der Waals surface area contributed by atoms with E-state index in [4.69, 9.17) is 27.2 Å². The maximum atomic E-state index is 8.66. The molecule has 3 N–H and O–H groups in total. The molecule has 0 spiro atoms. The molecule has 1 atom stereocenters. The fourth-order valence-electron chi connectivity index (χ4n) is 0.988. The molecular weight excluding hydrogens is 202 g/mol. The monoisotopic (exact) mass is 215 g/mol. The molecule has 14 heavy (non-hydrogen) atoms. The van der Waals surface area contributed by atoms with E-state index in [0.29, 0.717) is 18.2 Å². The van der Waals surface area contributed by atoms with Crippen LogP contribution in [0.25, 0.3) is 0 Å². The Morgan fingerprint density at radius 3 is 2.79 bits per heavy atom. The summed E-state index contributed by atoms with van der Waals surface area (Å²) in [5.74, 6) is 0. The van der Waals surface area contributed by atoms with E-state index in [-0.39, 0.29) is 12.6 Å². The van der Waals surface area contributed by atoms with E-state index in [9.17, 15) is 0 Å². The van der Waals surface area contributed by atoms with Crippen LogP contribution >= 0.6 is 11.6 Å². The summed E-state index contributed by atoms with van der Waals surface area (Å²) in [6.45, 7) is 0.692. The molecule has 0 amide bonds. The lowest BCUT2D eigenvalue weighted by Gasteiger charge is -2.09. The van der Waals surface area contributed by atoms with Crippen molar-refractivity contribution in [2.45, 2.75) is 12.6 Å². The van der Waals surface area contributed by atoms with Gasteiger partial charge in [0.05, 0.1) is 25.9 Å². The maximum absolute atomic E-state index is 8.66. The number of rotatable bonds is 5. The molecule has 0 heterocycles.